The molecule has 1 aliphatic rings. The number of carboxylic acid groups (broad SMARTS) is 1. The second kappa shape index (κ2) is 4.74. The molecule has 0 bridgehead atoms. The van der Waals surface area contributed by atoms with E-state index in [4.69, 9.17) is 0 Å². The minimum Gasteiger partial charge on any atom is -0.480 e. The number of rotatable bonds is 3. The molecule has 0 saturated carbocycles. The first-order valence-corrected chi connectivity index (χ1v) is 6.24. The Morgan fingerprint density at radius 1 is 1.53 bits per heavy atom. The maximum absolute atomic E-state index is 13.2. The molecule has 1 unspecified atom stereocenters. The second-order valence-electron chi connectivity index (χ2n) is 4.37. The summed E-state index contributed by atoms with van der Waals surface area (Å²) in [5.74, 6) is -1.22. The third kappa shape index (κ3) is 2.66. The van der Waals surface area contributed by atoms with Gasteiger partial charge in [0.25, 0.3) is 0 Å². The average molecular weight is 302 g/mol. The van der Waals surface area contributed by atoms with Gasteiger partial charge < -0.3 is 10.4 Å². The number of aliphatic carboxylic acids is 1. The molecule has 1 heterocycles. The van der Waals surface area contributed by atoms with Gasteiger partial charge in [0.05, 0.1) is 0 Å². The molecule has 1 atom stereocenters. The first-order chi connectivity index (χ1) is 8.02. The Labute approximate surface area is 107 Å². The summed E-state index contributed by atoms with van der Waals surface area (Å²) in [7, 11) is 0. The Balaban J connectivity index is 2.26. The van der Waals surface area contributed by atoms with Crippen LogP contribution in [0.15, 0.2) is 22.7 Å². The van der Waals surface area contributed by atoms with Crippen LogP contribution < -0.4 is 5.32 Å². The summed E-state index contributed by atoms with van der Waals surface area (Å²) in [4.78, 5) is 11.3. The smallest absolute Gasteiger partial charge is 0.324 e. The fourth-order valence-corrected chi connectivity index (χ4v) is 2.79. The maximum atomic E-state index is 13.2. The summed E-state index contributed by atoms with van der Waals surface area (Å²) in [5.41, 5.74) is -0.249. The Hall–Kier alpha value is -0.940. The minimum atomic E-state index is -0.937. The van der Waals surface area contributed by atoms with Crippen molar-refractivity contribution in [1.82, 2.24) is 5.32 Å². The van der Waals surface area contributed by atoms with Crippen LogP contribution in [0.4, 0.5) is 4.39 Å². The lowest BCUT2D eigenvalue weighted by Gasteiger charge is -2.24. The standard InChI is InChI=1S/C12H13BrFNO2/c13-9-4-8(5-10(14)6-9)7-12(11(16)17)2-1-3-15-12/h4-6,15H,1-3,7H2,(H,16,17). The molecular formula is C12H13BrFNO2. The Kier molecular flexibility index (Phi) is 3.49. The van der Waals surface area contributed by atoms with Crippen molar-refractivity contribution in [2.75, 3.05) is 6.54 Å². The fourth-order valence-electron chi connectivity index (χ4n) is 2.28. The van der Waals surface area contributed by atoms with Crippen molar-refractivity contribution in [3.05, 3.63) is 34.1 Å². The Morgan fingerprint density at radius 2 is 2.29 bits per heavy atom. The fraction of sp³-hybridized carbons (Fsp3) is 0.417. The molecule has 1 saturated heterocycles. The van der Waals surface area contributed by atoms with Gasteiger partial charge in [-0.15, -0.1) is 0 Å². The normalized spacial score (nSPS) is 23.9. The predicted octanol–water partition coefficient (Wildman–Crippen LogP) is 2.34. The van der Waals surface area contributed by atoms with Crippen LogP contribution in [-0.4, -0.2) is 23.2 Å². The van der Waals surface area contributed by atoms with Gasteiger partial charge >= 0.3 is 5.97 Å². The largest absolute Gasteiger partial charge is 0.480 e. The lowest BCUT2D eigenvalue weighted by molar-refractivity contribution is -0.144. The molecule has 0 radical (unpaired) electrons. The molecule has 0 aliphatic carbocycles. The molecule has 17 heavy (non-hydrogen) atoms. The third-order valence-corrected chi connectivity index (χ3v) is 3.54. The number of halogens is 2. The lowest BCUT2D eigenvalue weighted by Crippen LogP contribution is -2.49. The van der Waals surface area contributed by atoms with Crippen LogP contribution in [0.3, 0.4) is 0 Å². The van der Waals surface area contributed by atoms with Gasteiger partial charge in [0.15, 0.2) is 0 Å². The molecule has 1 aromatic carbocycles. The Bertz CT molecular complexity index is 424. The van der Waals surface area contributed by atoms with Crippen molar-refractivity contribution in [1.29, 1.82) is 0 Å². The third-order valence-electron chi connectivity index (χ3n) is 3.08. The SMILES string of the molecule is O=C(O)C1(Cc2cc(F)cc(Br)c2)CCCN1. The molecule has 0 aromatic heterocycles. The van der Waals surface area contributed by atoms with Crippen molar-refractivity contribution >= 4 is 21.9 Å². The minimum absolute atomic E-state index is 0.304. The van der Waals surface area contributed by atoms with Crippen molar-refractivity contribution in [3.63, 3.8) is 0 Å². The van der Waals surface area contributed by atoms with E-state index in [1.165, 1.54) is 12.1 Å². The molecule has 1 fully saturated rings. The second-order valence-corrected chi connectivity index (χ2v) is 5.29. The van der Waals surface area contributed by atoms with Crippen LogP contribution in [0, 0.1) is 5.82 Å². The highest BCUT2D eigenvalue weighted by molar-refractivity contribution is 9.10. The zero-order valence-corrected chi connectivity index (χ0v) is 10.8. The first-order valence-electron chi connectivity index (χ1n) is 5.45. The summed E-state index contributed by atoms with van der Waals surface area (Å²) < 4.78 is 13.9. The molecule has 2 N–H and O–H groups in total. The van der Waals surface area contributed by atoms with Gasteiger partial charge in [-0.3, -0.25) is 4.79 Å². The number of carbonyl (C=O) groups is 1. The van der Waals surface area contributed by atoms with E-state index in [9.17, 15) is 14.3 Å². The summed E-state index contributed by atoms with van der Waals surface area (Å²) >= 11 is 3.21. The van der Waals surface area contributed by atoms with Gasteiger partial charge in [-0.2, -0.15) is 0 Å². The van der Waals surface area contributed by atoms with Crippen molar-refractivity contribution in [2.45, 2.75) is 24.8 Å². The van der Waals surface area contributed by atoms with E-state index in [1.54, 1.807) is 6.07 Å². The van der Waals surface area contributed by atoms with E-state index in [-0.39, 0.29) is 5.82 Å². The summed E-state index contributed by atoms with van der Waals surface area (Å²) in [5, 5.41) is 12.3. The molecule has 1 aliphatic heterocycles. The molecule has 92 valence electrons. The number of carboxylic acids is 1. The van der Waals surface area contributed by atoms with Crippen molar-refractivity contribution in [3.8, 4) is 0 Å². The summed E-state index contributed by atoms with van der Waals surface area (Å²) in [6.07, 6.45) is 1.72. The van der Waals surface area contributed by atoms with Crippen molar-refractivity contribution < 1.29 is 14.3 Å². The zero-order valence-electron chi connectivity index (χ0n) is 9.17. The van der Waals surface area contributed by atoms with Crippen LogP contribution in [0.2, 0.25) is 0 Å². The number of nitrogens with one attached hydrogen (secondary N) is 1. The highest BCUT2D eigenvalue weighted by Crippen LogP contribution is 2.26. The van der Waals surface area contributed by atoms with E-state index in [0.717, 1.165) is 6.42 Å². The van der Waals surface area contributed by atoms with Crippen LogP contribution in [0.5, 0.6) is 0 Å². The van der Waals surface area contributed by atoms with Gasteiger partial charge in [-0.25, -0.2) is 4.39 Å². The van der Waals surface area contributed by atoms with Crippen LogP contribution >= 0.6 is 15.9 Å². The van der Waals surface area contributed by atoms with Gasteiger partial charge in [0, 0.05) is 10.9 Å². The van der Waals surface area contributed by atoms with E-state index in [2.05, 4.69) is 21.2 Å². The summed E-state index contributed by atoms with van der Waals surface area (Å²) in [6, 6.07) is 4.50. The maximum Gasteiger partial charge on any atom is 0.324 e. The first kappa shape index (κ1) is 12.5. The lowest BCUT2D eigenvalue weighted by atomic mass is 9.89. The van der Waals surface area contributed by atoms with Crippen LogP contribution in [0.25, 0.3) is 0 Å². The monoisotopic (exact) mass is 301 g/mol. The highest BCUT2D eigenvalue weighted by Gasteiger charge is 2.41. The predicted molar refractivity (Wildman–Crippen MR) is 65.4 cm³/mol. The van der Waals surface area contributed by atoms with Crippen LogP contribution in [0.1, 0.15) is 18.4 Å². The van der Waals surface area contributed by atoms with Gasteiger partial charge in [-0.1, -0.05) is 15.9 Å². The molecular weight excluding hydrogens is 289 g/mol. The number of hydrogen-bond acceptors (Lipinski definition) is 2. The average Bonchev–Trinajstić information content (AvgIpc) is 2.65. The van der Waals surface area contributed by atoms with E-state index in [0.29, 0.717) is 29.4 Å². The summed E-state index contributed by atoms with van der Waals surface area (Å²) in [6.45, 7) is 0.697. The molecule has 2 rings (SSSR count). The molecule has 1 aromatic rings. The molecule has 5 heteroatoms. The van der Waals surface area contributed by atoms with E-state index < -0.39 is 11.5 Å². The zero-order chi connectivity index (χ0) is 12.5. The quantitative estimate of drug-likeness (QED) is 0.901. The molecule has 0 spiro atoms. The topological polar surface area (TPSA) is 49.3 Å². The van der Waals surface area contributed by atoms with E-state index in [1.807, 2.05) is 0 Å². The Morgan fingerprint density at radius 3 is 2.82 bits per heavy atom. The van der Waals surface area contributed by atoms with Gasteiger partial charge in [0.1, 0.15) is 11.4 Å². The highest BCUT2D eigenvalue weighted by atomic mass is 79.9. The van der Waals surface area contributed by atoms with Gasteiger partial charge in [-0.05, 0) is 43.1 Å². The van der Waals surface area contributed by atoms with E-state index >= 15 is 0 Å². The van der Waals surface area contributed by atoms with Crippen LogP contribution in [-0.2, 0) is 11.2 Å². The molecule has 0 amide bonds. The molecule has 3 nitrogen and oxygen atoms in total. The van der Waals surface area contributed by atoms with Crippen molar-refractivity contribution in [2.24, 2.45) is 0 Å². The number of hydrogen-bond donors (Lipinski definition) is 2. The van der Waals surface area contributed by atoms with Gasteiger partial charge in [0.2, 0.25) is 0 Å². The number of benzene rings is 1.